The van der Waals surface area contributed by atoms with Gasteiger partial charge in [0.15, 0.2) is 0 Å². The van der Waals surface area contributed by atoms with Crippen LogP contribution in [0.25, 0.3) is 0 Å². The lowest BCUT2D eigenvalue weighted by Gasteiger charge is -2.42. The zero-order valence-corrected chi connectivity index (χ0v) is 9.91. The summed E-state index contributed by atoms with van der Waals surface area (Å²) in [5.41, 5.74) is 0. The van der Waals surface area contributed by atoms with E-state index in [0.717, 1.165) is 13.1 Å². The van der Waals surface area contributed by atoms with Gasteiger partial charge in [0.2, 0.25) is 0 Å². The number of likely N-dealkylation sites (tertiary alicyclic amines) is 1. The molecule has 1 saturated heterocycles. The van der Waals surface area contributed by atoms with Gasteiger partial charge in [0, 0.05) is 19.1 Å². The van der Waals surface area contributed by atoms with E-state index in [1.807, 2.05) is 0 Å². The summed E-state index contributed by atoms with van der Waals surface area (Å²) in [6.45, 7) is 6.45. The van der Waals surface area contributed by atoms with Gasteiger partial charge in [-0.25, -0.2) is 0 Å². The van der Waals surface area contributed by atoms with E-state index in [9.17, 15) is 4.79 Å². The van der Waals surface area contributed by atoms with Gasteiger partial charge in [0.05, 0.1) is 6.42 Å². The van der Waals surface area contributed by atoms with Crippen LogP contribution in [0, 0.1) is 5.92 Å². The maximum absolute atomic E-state index is 10.5. The van der Waals surface area contributed by atoms with Crippen LogP contribution < -0.4 is 0 Å². The van der Waals surface area contributed by atoms with Crippen molar-refractivity contribution >= 4 is 5.97 Å². The molecule has 1 rings (SSSR count). The highest BCUT2D eigenvalue weighted by Crippen LogP contribution is 2.23. The number of hydrogen-bond donors (Lipinski definition) is 1. The molecular weight excluding hydrogens is 190 g/mol. The molecule has 0 aromatic heterocycles. The molecular formula is C12H23NO2. The van der Waals surface area contributed by atoms with Crippen molar-refractivity contribution in [3.8, 4) is 0 Å². The molecule has 1 N–H and O–H groups in total. The third kappa shape index (κ3) is 4.20. The van der Waals surface area contributed by atoms with E-state index < -0.39 is 5.97 Å². The predicted octanol–water partition coefficient (Wildman–Crippen LogP) is 2.36. The van der Waals surface area contributed by atoms with E-state index in [0.29, 0.717) is 18.4 Å². The number of carboxylic acid groups (broad SMARTS) is 1. The lowest BCUT2D eigenvalue weighted by atomic mass is 9.93. The van der Waals surface area contributed by atoms with Crippen molar-refractivity contribution < 1.29 is 9.90 Å². The first kappa shape index (κ1) is 12.5. The molecule has 3 nitrogen and oxygen atoms in total. The summed E-state index contributed by atoms with van der Waals surface area (Å²) in [6, 6.07) is 0.640. The molecule has 0 amide bonds. The third-order valence-electron chi connectivity index (χ3n) is 3.30. The summed E-state index contributed by atoms with van der Waals surface area (Å²) in [6.07, 6.45) is 5.49. The molecule has 0 aromatic carbocycles. The van der Waals surface area contributed by atoms with Crippen LogP contribution in [0.15, 0.2) is 0 Å². The van der Waals surface area contributed by atoms with Crippen molar-refractivity contribution in [2.75, 3.05) is 13.1 Å². The quantitative estimate of drug-likeness (QED) is 0.660. The molecule has 0 bridgehead atoms. The van der Waals surface area contributed by atoms with Crippen molar-refractivity contribution in [1.29, 1.82) is 0 Å². The SMILES string of the molecule is CCCCCC(C)N1CC(CC(=O)O)C1. The zero-order chi connectivity index (χ0) is 11.3. The lowest BCUT2D eigenvalue weighted by Crippen LogP contribution is -2.51. The van der Waals surface area contributed by atoms with Gasteiger partial charge in [-0.1, -0.05) is 26.2 Å². The van der Waals surface area contributed by atoms with Crippen LogP contribution in [0.5, 0.6) is 0 Å². The second-order valence-electron chi connectivity index (χ2n) is 4.76. The van der Waals surface area contributed by atoms with E-state index in [1.165, 1.54) is 25.7 Å². The summed E-state index contributed by atoms with van der Waals surface area (Å²) in [7, 11) is 0. The molecule has 0 spiro atoms. The summed E-state index contributed by atoms with van der Waals surface area (Å²) in [5, 5.41) is 8.63. The minimum absolute atomic E-state index is 0.345. The van der Waals surface area contributed by atoms with E-state index >= 15 is 0 Å². The van der Waals surface area contributed by atoms with E-state index in [4.69, 9.17) is 5.11 Å². The molecule has 1 aliphatic rings. The molecule has 15 heavy (non-hydrogen) atoms. The maximum Gasteiger partial charge on any atom is 0.303 e. The topological polar surface area (TPSA) is 40.5 Å². The molecule has 0 radical (unpaired) electrons. The fourth-order valence-electron chi connectivity index (χ4n) is 2.22. The molecule has 3 heteroatoms. The zero-order valence-electron chi connectivity index (χ0n) is 9.91. The second kappa shape index (κ2) is 6.11. The number of aliphatic carboxylic acids is 1. The van der Waals surface area contributed by atoms with Crippen LogP contribution in [-0.4, -0.2) is 35.1 Å². The first-order chi connectivity index (χ1) is 7.13. The van der Waals surface area contributed by atoms with Gasteiger partial charge in [-0.3, -0.25) is 9.69 Å². The molecule has 88 valence electrons. The van der Waals surface area contributed by atoms with Crippen LogP contribution in [-0.2, 0) is 4.79 Å². The number of rotatable bonds is 7. The third-order valence-corrected chi connectivity index (χ3v) is 3.30. The minimum atomic E-state index is -0.654. The Labute approximate surface area is 92.5 Å². The summed E-state index contributed by atoms with van der Waals surface area (Å²) < 4.78 is 0. The van der Waals surface area contributed by atoms with Crippen molar-refractivity contribution in [3.05, 3.63) is 0 Å². The number of carboxylic acids is 1. The molecule has 1 unspecified atom stereocenters. The Bertz CT molecular complexity index is 200. The first-order valence-electron chi connectivity index (χ1n) is 6.09. The van der Waals surface area contributed by atoms with E-state index in [2.05, 4.69) is 18.7 Å². The van der Waals surface area contributed by atoms with Crippen LogP contribution >= 0.6 is 0 Å². The van der Waals surface area contributed by atoms with Gasteiger partial charge in [-0.2, -0.15) is 0 Å². The molecule has 1 fully saturated rings. The molecule has 0 aromatic rings. The Morgan fingerprint density at radius 2 is 2.13 bits per heavy atom. The van der Waals surface area contributed by atoms with Gasteiger partial charge in [-0.05, 0) is 19.3 Å². The average Bonchev–Trinajstić information content (AvgIpc) is 2.10. The van der Waals surface area contributed by atoms with Crippen molar-refractivity contribution in [1.82, 2.24) is 4.90 Å². The van der Waals surface area contributed by atoms with Crippen molar-refractivity contribution in [2.45, 2.75) is 52.0 Å². The Kier molecular flexibility index (Phi) is 5.09. The van der Waals surface area contributed by atoms with Gasteiger partial charge in [0.1, 0.15) is 0 Å². The Morgan fingerprint density at radius 3 is 2.67 bits per heavy atom. The Hall–Kier alpha value is -0.570. The number of nitrogens with zero attached hydrogens (tertiary/aromatic N) is 1. The minimum Gasteiger partial charge on any atom is -0.481 e. The highest BCUT2D eigenvalue weighted by molar-refractivity contribution is 5.67. The predicted molar refractivity (Wildman–Crippen MR) is 60.9 cm³/mol. The summed E-state index contributed by atoms with van der Waals surface area (Å²) in [5.74, 6) is -0.255. The van der Waals surface area contributed by atoms with Crippen LogP contribution in [0.4, 0.5) is 0 Å². The number of unbranched alkanes of at least 4 members (excludes halogenated alkanes) is 2. The number of carbonyl (C=O) groups is 1. The average molecular weight is 213 g/mol. The van der Waals surface area contributed by atoms with Gasteiger partial charge in [-0.15, -0.1) is 0 Å². The Morgan fingerprint density at radius 1 is 1.47 bits per heavy atom. The van der Waals surface area contributed by atoms with Crippen LogP contribution in [0.1, 0.15) is 46.0 Å². The largest absolute Gasteiger partial charge is 0.481 e. The fraction of sp³-hybridized carbons (Fsp3) is 0.917. The van der Waals surface area contributed by atoms with E-state index in [1.54, 1.807) is 0 Å². The lowest BCUT2D eigenvalue weighted by molar-refractivity contribution is -0.139. The van der Waals surface area contributed by atoms with Gasteiger partial charge < -0.3 is 5.11 Å². The summed E-state index contributed by atoms with van der Waals surface area (Å²) in [4.78, 5) is 12.9. The fourth-order valence-corrected chi connectivity index (χ4v) is 2.22. The molecule has 0 aliphatic carbocycles. The van der Waals surface area contributed by atoms with Crippen LogP contribution in [0.3, 0.4) is 0 Å². The second-order valence-corrected chi connectivity index (χ2v) is 4.76. The van der Waals surface area contributed by atoms with Crippen LogP contribution in [0.2, 0.25) is 0 Å². The smallest absolute Gasteiger partial charge is 0.303 e. The standard InChI is InChI=1S/C12H23NO2/c1-3-4-5-6-10(2)13-8-11(9-13)7-12(14)15/h10-11H,3-9H2,1-2H3,(H,14,15). The molecule has 1 aliphatic heterocycles. The Balaban J connectivity index is 2.07. The molecule has 1 atom stereocenters. The van der Waals surface area contributed by atoms with E-state index in [-0.39, 0.29) is 0 Å². The molecule has 1 heterocycles. The van der Waals surface area contributed by atoms with Gasteiger partial charge in [0.25, 0.3) is 0 Å². The highest BCUT2D eigenvalue weighted by atomic mass is 16.4. The maximum atomic E-state index is 10.5. The molecule has 0 saturated carbocycles. The monoisotopic (exact) mass is 213 g/mol. The van der Waals surface area contributed by atoms with Crippen molar-refractivity contribution in [3.63, 3.8) is 0 Å². The van der Waals surface area contributed by atoms with Crippen molar-refractivity contribution in [2.24, 2.45) is 5.92 Å². The summed E-state index contributed by atoms with van der Waals surface area (Å²) >= 11 is 0. The number of hydrogen-bond acceptors (Lipinski definition) is 2. The van der Waals surface area contributed by atoms with Gasteiger partial charge >= 0.3 is 5.97 Å². The normalized spacial score (nSPS) is 19.9. The first-order valence-corrected chi connectivity index (χ1v) is 6.09. The highest BCUT2D eigenvalue weighted by Gasteiger charge is 2.31.